The SMILES string of the molecule is CN(C)S(=O)(=O)Nc1cccc(-c2ccn3c(-c4cccc(NC(=O)NCC(F)(F)F)c4)cnc3c2)c1. The van der Waals surface area contributed by atoms with Gasteiger partial charge in [0.25, 0.3) is 0 Å². The predicted octanol–water partition coefficient (Wildman–Crippen LogP) is 4.57. The largest absolute Gasteiger partial charge is 0.405 e. The van der Waals surface area contributed by atoms with Gasteiger partial charge in [0.15, 0.2) is 0 Å². The zero-order chi connectivity index (χ0) is 26.8. The molecular formula is C24H23F3N6O3S. The molecule has 37 heavy (non-hydrogen) atoms. The Morgan fingerprint density at radius 2 is 1.62 bits per heavy atom. The van der Waals surface area contributed by atoms with Crippen LogP contribution in [-0.2, 0) is 10.2 Å². The number of nitrogens with one attached hydrogen (secondary N) is 3. The number of hydrogen-bond donors (Lipinski definition) is 3. The Kier molecular flexibility index (Phi) is 7.09. The number of hydrogen-bond acceptors (Lipinski definition) is 4. The van der Waals surface area contributed by atoms with Crippen molar-refractivity contribution in [1.29, 1.82) is 0 Å². The molecule has 0 fully saturated rings. The summed E-state index contributed by atoms with van der Waals surface area (Å²) in [6, 6.07) is 16.3. The summed E-state index contributed by atoms with van der Waals surface area (Å²) in [4.78, 5) is 16.2. The third kappa shape index (κ3) is 6.37. The van der Waals surface area contributed by atoms with Gasteiger partial charge < -0.3 is 10.6 Å². The number of nitrogens with zero attached hydrogens (tertiary/aromatic N) is 3. The lowest BCUT2D eigenvalue weighted by molar-refractivity contribution is -0.122. The van der Waals surface area contributed by atoms with Gasteiger partial charge in [0.1, 0.15) is 12.2 Å². The van der Waals surface area contributed by atoms with Gasteiger partial charge in [-0.1, -0.05) is 24.3 Å². The molecule has 0 aliphatic carbocycles. The van der Waals surface area contributed by atoms with Crippen molar-refractivity contribution in [3.63, 3.8) is 0 Å². The van der Waals surface area contributed by atoms with Crippen LogP contribution in [0.2, 0.25) is 0 Å². The lowest BCUT2D eigenvalue weighted by atomic mass is 10.1. The van der Waals surface area contributed by atoms with E-state index < -0.39 is 29.0 Å². The lowest BCUT2D eigenvalue weighted by Crippen LogP contribution is -2.36. The van der Waals surface area contributed by atoms with Crippen LogP contribution >= 0.6 is 0 Å². The van der Waals surface area contributed by atoms with E-state index in [0.717, 1.165) is 15.4 Å². The van der Waals surface area contributed by atoms with Crippen LogP contribution in [0.1, 0.15) is 0 Å². The highest BCUT2D eigenvalue weighted by Gasteiger charge is 2.27. The second kappa shape index (κ2) is 10.1. The summed E-state index contributed by atoms with van der Waals surface area (Å²) in [7, 11) is -0.777. The van der Waals surface area contributed by atoms with E-state index in [0.29, 0.717) is 28.3 Å². The van der Waals surface area contributed by atoms with Gasteiger partial charge >= 0.3 is 22.4 Å². The van der Waals surface area contributed by atoms with E-state index in [4.69, 9.17) is 0 Å². The molecule has 0 saturated heterocycles. The summed E-state index contributed by atoms with van der Waals surface area (Å²) < 4.78 is 66.7. The molecule has 2 aromatic carbocycles. The number of rotatable bonds is 7. The van der Waals surface area contributed by atoms with Crippen LogP contribution in [0.5, 0.6) is 0 Å². The summed E-state index contributed by atoms with van der Waals surface area (Å²) in [6.45, 7) is -1.43. The zero-order valence-electron chi connectivity index (χ0n) is 19.7. The predicted molar refractivity (Wildman–Crippen MR) is 135 cm³/mol. The minimum Gasteiger partial charge on any atom is -0.329 e. The van der Waals surface area contributed by atoms with Crippen molar-refractivity contribution in [3.05, 3.63) is 73.1 Å². The van der Waals surface area contributed by atoms with Gasteiger partial charge in [-0.15, -0.1) is 0 Å². The van der Waals surface area contributed by atoms with E-state index in [2.05, 4.69) is 15.0 Å². The van der Waals surface area contributed by atoms with E-state index in [-0.39, 0.29) is 0 Å². The Bertz CT molecular complexity index is 1550. The first-order valence-corrected chi connectivity index (χ1v) is 12.4. The molecule has 13 heteroatoms. The standard InChI is InChI=1S/C24H23F3N6O3S/c1-32(2)37(35,36)31-20-8-3-5-16(11-20)17-9-10-33-21(14-28-22(33)13-17)18-6-4-7-19(12-18)30-23(34)29-15-24(25,26)27/h3-14,31H,15H2,1-2H3,(H2,29,30,34). The van der Waals surface area contributed by atoms with Crippen molar-refractivity contribution < 1.29 is 26.4 Å². The maximum absolute atomic E-state index is 12.3. The number of benzene rings is 2. The first-order valence-electron chi connectivity index (χ1n) is 10.9. The van der Waals surface area contributed by atoms with E-state index >= 15 is 0 Å². The molecule has 2 aromatic heterocycles. The minimum absolute atomic E-state index is 0.320. The summed E-state index contributed by atoms with van der Waals surface area (Å²) in [6.07, 6.45) is -1.06. The molecule has 9 nitrogen and oxygen atoms in total. The number of amides is 2. The van der Waals surface area contributed by atoms with Crippen LogP contribution in [0.25, 0.3) is 28.0 Å². The molecule has 0 unspecified atom stereocenters. The Balaban J connectivity index is 1.56. The van der Waals surface area contributed by atoms with Crippen LogP contribution in [0.3, 0.4) is 0 Å². The smallest absolute Gasteiger partial charge is 0.329 e. The average Bonchev–Trinajstić information content (AvgIpc) is 3.26. The van der Waals surface area contributed by atoms with E-state index in [1.54, 1.807) is 60.2 Å². The lowest BCUT2D eigenvalue weighted by Gasteiger charge is -2.14. The van der Waals surface area contributed by atoms with Crippen molar-refractivity contribution in [1.82, 2.24) is 19.0 Å². The van der Waals surface area contributed by atoms with E-state index in [1.807, 2.05) is 22.6 Å². The number of urea groups is 1. The molecule has 2 amide bonds. The normalized spacial score (nSPS) is 12.1. The second-order valence-electron chi connectivity index (χ2n) is 8.26. The van der Waals surface area contributed by atoms with Crippen molar-refractivity contribution in [2.45, 2.75) is 6.18 Å². The van der Waals surface area contributed by atoms with E-state index in [9.17, 15) is 26.4 Å². The zero-order valence-corrected chi connectivity index (χ0v) is 20.6. The van der Waals surface area contributed by atoms with E-state index in [1.165, 1.54) is 14.1 Å². The number of halogens is 3. The van der Waals surface area contributed by atoms with Crippen LogP contribution in [-0.4, -0.2) is 55.0 Å². The summed E-state index contributed by atoms with van der Waals surface area (Å²) in [5.41, 5.74) is 4.34. The van der Waals surface area contributed by atoms with Crippen molar-refractivity contribution in [2.24, 2.45) is 0 Å². The third-order valence-electron chi connectivity index (χ3n) is 5.30. The summed E-state index contributed by atoms with van der Waals surface area (Å²) in [5, 5.41) is 4.16. The number of anilines is 2. The third-order valence-corrected chi connectivity index (χ3v) is 6.76. The number of pyridine rings is 1. The molecule has 4 aromatic rings. The summed E-state index contributed by atoms with van der Waals surface area (Å²) in [5.74, 6) is 0. The molecule has 0 atom stereocenters. The molecule has 0 aliphatic rings. The second-order valence-corrected chi connectivity index (χ2v) is 10.1. The average molecular weight is 533 g/mol. The van der Waals surface area contributed by atoms with Gasteiger partial charge in [0.05, 0.1) is 17.6 Å². The molecule has 0 saturated carbocycles. The highest BCUT2D eigenvalue weighted by atomic mass is 32.2. The molecule has 0 spiro atoms. The van der Waals surface area contributed by atoms with Crippen LogP contribution in [0, 0.1) is 0 Å². The van der Waals surface area contributed by atoms with Crippen LogP contribution in [0.15, 0.2) is 73.1 Å². The Hall–Kier alpha value is -4.10. The topological polar surface area (TPSA) is 108 Å². The molecule has 0 radical (unpaired) electrons. The molecule has 3 N–H and O–H groups in total. The molecule has 0 bridgehead atoms. The monoisotopic (exact) mass is 532 g/mol. The van der Waals surface area contributed by atoms with Gasteiger partial charge in [-0.2, -0.15) is 25.9 Å². The number of aromatic nitrogens is 2. The fourth-order valence-electron chi connectivity index (χ4n) is 3.49. The van der Waals surface area contributed by atoms with Gasteiger partial charge in [0, 0.05) is 31.5 Å². The maximum atomic E-state index is 12.3. The number of fused-ring (bicyclic) bond motifs is 1. The van der Waals surface area contributed by atoms with Crippen molar-refractivity contribution in [3.8, 4) is 22.4 Å². The van der Waals surface area contributed by atoms with Gasteiger partial charge in [-0.25, -0.2) is 9.78 Å². The van der Waals surface area contributed by atoms with Crippen LogP contribution in [0.4, 0.5) is 29.3 Å². The number of carbonyl (C=O) groups is 1. The molecule has 2 heterocycles. The molecule has 4 rings (SSSR count). The van der Waals surface area contributed by atoms with Gasteiger partial charge in [0.2, 0.25) is 0 Å². The number of alkyl halides is 3. The first kappa shape index (κ1) is 26.0. The quantitative estimate of drug-likeness (QED) is 0.324. The number of imidazole rings is 1. The Morgan fingerprint density at radius 3 is 2.32 bits per heavy atom. The molecule has 0 aliphatic heterocycles. The van der Waals surface area contributed by atoms with Crippen LogP contribution < -0.4 is 15.4 Å². The molecule has 194 valence electrons. The van der Waals surface area contributed by atoms with Crippen molar-refractivity contribution in [2.75, 3.05) is 30.7 Å². The maximum Gasteiger partial charge on any atom is 0.405 e. The van der Waals surface area contributed by atoms with Crippen molar-refractivity contribution >= 4 is 33.3 Å². The van der Waals surface area contributed by atoms with Gasteiger partial charge in [-0.05, 0) is 47.5 Å². The fraction of sp³-hybridized carbons (Fsp3) is 0.167. The van der Waals surface area contributed by atoms with Gasteiger partial charge in [-0.3, -0.25) is 9.12 Å². The number of carbonyl (C=O) groups excluding carboxylic acids is 1. The summed E-state index contributed by atoms with van der Waals surface area (Å²) >= 11 is 0. The highest BCUT2D eigenvalue weighted by Crippen LogP contribution is 2.28. The minimum atomic E-state index is -4.50. The highest BCUT2D eigenvalue weighted by molar-refractivity contribution is 7.90. The Morgan fingerprint density at radius 1 is 0.973 bits per heavy atom. The Labute approximate surface area is 211 Å². The molecular weight excluding hydrogens is 509 g/mol. The first-order chi connectivity index (χ1) is 17.4. The fourth-order valence-corrected chi connectivity index (χ4v) is 4.10.